The predicted octanol–water partition coefficient (Wildman–Crippen LogP) is 3.96. The minimum Gasteiger partial charge on any atom is -0.398 e. The first-order valence-corrected chi connectivity index (χ1v) is 8.14. The summed E-state index contributed by atoms with van der Waals surface area (Å²) in [5, 5.41) is 2.23. The van der Waals surface area contributed by atoms with Gasteiger partial charge in [-0.1, -0.05) is 30.3 Å². The lowest BCUT2D eigenvalue weighted by atomic mass is 9.98. The van der Waals surface area contributed by atoms with Gasteiger partial charge in [0.2, 0.25) is 0 Å². The number of methoxy groups -OCH3 is 1. The molecule has 0 amide bonds. The fourth-order valence-corrected chi connectivity index (χ4v) is 2.91. The number of ether oxygens (including phenoxy) is 1. The van der Waals surface area contributed by atoms with Gasteiger partial charge >= 0.3 is 0 Å². The molecule has 0 aliphatic rings. The summed E-state index contributed by atoms with van der Waals surface area (Å²) in [4.78, 5) is 6.76. The van der Waals surface area contributed by atoms with Crippen LogP contribution >= 0.6 is 0 Å². The Balaban J connectivity index is 1.88. The first kappa shape index (κ1) is 16.3. The zero-order valence-corrected chi connectivity index (χ0v) is 14.2. The van der Waals surface area contributed by atoms with Crippen LogP contribution in [-0.4, -0.2) is 32.3 Å². The number of nitrogens with zero attached hydrogens (tertiary/aromatic N) is 2. The molecule has 0 fully saturated rings. The molecule has 124 valence electrons. The smallest absolute Gasteiger partial charge is 0.128 e. The third-order valence-electron chi connectivity index (χ3n) is 4.25. The lowest BCUT2D eigenvalue weighted by Crippen LogP contribution is -2.20. The Morgan fingerprint density at radius 2 is 1.83 bits per heavy atom. The normalized spacial score (nSPS) is 10.9. The summed E-state index contributed by atoms with van der Waals surface area (Å²) < 4.78 is 5.10. The molecule has 0 aliphatic heterocycles. The molecule has 3 rings (SSSR count). The van der Waals surface area contributed by atoms with E-state index in [1.165, 1.54) is 0 Å². The second-order valence-corrected chi connectivity index (χ2v) is 5.92. The Bertz CT molecular complexity index is 815. The molecule has 0 radical (unpaired) electrons. The van der Waals surface area contributed by atoms with Crippen molar-refractivity contribution in [2.45, 2.75) is 6.42 Å². The monoisotopic (exact) mass is 321 g/mol. The molecule has 0 bridgehead atoms. The van der Waals surface area contributed by atoms with Gasteiger partial charge in [0.25, 0.3) is 0 Å². The SMILES string of the molecule is COCCCN(C)c1ccc(-c2ccc(N)c3ccccc23)cn1. The Hall–Kier alpha value is -2.59. The van der Waals surface area contributed by atoms with Crippen LogP contribution in [0.3, 0.4) is 0 Å². The van der Waals surface area contributed by atoms with Gasteiger partial charge in [-0.2, -0.15) is 0 Å². The molecule has 0 unspecified atom stereocenters. The molecule has 0 saturated carbocycles. The van der Waals surface area contributed by atoms with E-state index in [4.69, 9.17) is 10.5 Å². The van der Waals surface area contributed by atoms with Crippen molar-refractivity contribution in [1.29, 1.82) is 0 Å². The summed E-state index contributed by atoms with van der Waals surface area (Å²) in [7, 11) is 3.78. The highest BCUT2D eigenvalue weighted by atomic mass is 16.5. The molecule has 0 spiro atoms. The van der Waals surface area contributed by atoms with Crippen LogP contribution < -0.4 is 10.6 Å². The lowest BCUT2D eigenvalue weighted by Gasteiger charge is -2.18. The molecule has 2 N–H and O–H groups in total. The molecule has 1 aromatic heterocycles. The van der Waals surface area contributed by atoms with E-state index >= 15 is 0 Å². The van der Waals surface area contributed by atoms with E-state index in [-0.39, 0.29) is 0 Å². The summed E-state index contributed by atoms with van der Waals surface area (Å²) in [6.45, 7) is 1.69. The summed E-state index contributed by atoms with van der Waals surface area (Å²) >= 11 is 0. The first-order valence-electron chi connectivity index (χ1n) is 8.14. The van der Waals surface area contributed by atoms with Gasteiger partial charge in [0, 0.05) is 50.1 Å². The van der Waals surface area contributed by atoms with Crippen molar-refractivity contribution in [3.05, 3.63) is 54.7 Å². The highest BCUT2D eigenvalue weighted by Gasteiger charge is 2.08. The molecule has 2 aromatic carbocycles. The van der Waals surface area contributed by atoms with Crippen molar-refractivity contribution in [3.63, 3.8) is 0 Å². The van der Waals surface area contributed by atoms with Crippen molar-refractivity contribution < 1.29 is 4.74 Å². The third kappa shape index (κ3) is 3.34. The van der Waals surface area contributed by atoms with Crippen molar-refractivity contribution >= 4 is 22.3 Å². The first-order chi connectivity index (χ1) is 11.7. The minimum atomic E-state index is 0.764. The molecule has 3 aromatic rings. The number of pyridine rings is 1. The van der Waals surface area contributed by atoms with Crippen molar-refractivity contribution in [2.75, 3.05) is 37.9 Å². The number of benzene rings is 2. The van der Waals surface area contributed by atoms with Crippen molar-refractivity contribution in [1.82, 2.24) is 4.98 Å². The van der Waals surface area contributed by atoms with Crippen LogP contribution in [0.4, 0.5) is 11.5 Å². The maximum atomic E-state index is 6.09. The standard InChI is InChI=1S/C20H23N3O/c1-23(12-5-13-24-2)20-11-8-15(14-22-20)16-9-10-19(21)18-7-4-3-6-17(16)18/h3-4,6-11,14H,5,12-13,21H2,1-2H3. The van der Waals surface area contributed by atoms with E-state index in [0.717, 1.165) is 53.0 Å². The van der Waals surface area contributed by atoms with Crippen LogP contribution in [0.2, 0.25) is 0 Å². The van der Waals surface area contributed by atoms with Gasteiger partial charge in [0.15, 0.2) is 0 Å². The summed E-state index contributed by atoms with van der Waals surface area (Å²) in [6.07, 6.45) is 2.92. The topological polar surface area (TPSA) is 51.4 Å². The number of rotatable bonds is 6. The molecule has 0 aliphatic carbocycles. The number of nitrogen functional groups attached to an aromatic ring is 1. The average molecular weight is 321 g/mol. The van der Waals surface area contributed by atoms with Crippen LogP contribution in [0.25, 0.3) is 21.9 Å². The van der Waals surface area contributed by atoms with Gasteiger partial charge in [-0.25, -0.2) is 4.98 Å². The number of aromatic nitrogens is 1. The van der Waals surface area contributed by atoms with E-state index < -0.39 is 0 Å². The van der Waals surface area contributed by atoms with E-state index in [0.29, 0.717) is 0 Å². The zero-order valence-electron chi connectivity index (χ0n) is 14.2. The van der Waals surface area contributed by atoms with Crippen LogP contribution in [0.5, 0.6) is 0 Å². The number of hydrogen-bond donors (Lipinski definition) is 1. The molecular formula is C20H23N3O. The van der Waals surface area contributed by atoms with Gasteiger partial charge in [-0.05, 0) is 35.6 Å². The van der Waals surface area contributed by atoms with Gasteiger partial charge < -0.3 is 15.4 Å². The van der Waals surface area contributed by atoms with Crippen molar-refractivity contribution in [2.24, 2.45) is 0 Å². The second-order valence-electron chi connectivity index (χ2n) is 5.92. The number of anilines is 2. The second kappa shape index (κ2) is 7.32. The maximum Gasteiger partial charge on any atom is 0.128 e. The predicted molar refractivity (Wildman–Crippen MR) is 101 cm³/mol. The van der Waals surface area contributed by atoms with Crippen molar-refractivity contribution in [3.8, 4) is 11.1 Å². The summed E-state index contributed by atoms with van der Waals surface area (Å²) in [5.41, 5.74) is 9.15. The van der Waals surface area contributed by atoms with E-state index in [2.05, 4.69) is 47.3 Å². The van der Waals surface area contributed by atoms with Gasteiger partial charge in [-0.3, -0.25) is 0 Å². The fourth-order valence-electron chi connectivity index (χ4n) is 2.91. The highest BCUT2D eigenvalue weighted by molar-refractivity contribution is 6.02. The lowest BCUT2D eigenvalue weighted by molar-refractivity contribution is 0.196. The molecule has 1 heterocycles. The zero-order chi connectivity index (χ0) is 16.9. The molecular weight excluding hydrogens is 298 g/mol. The van der Waals surface area contributed by atoms with E-state index in [9.17, 15) is 0 Å². The Morgan fingerprint density at radius 1 is 1.04 bits per heavy atom. The largest absolute Gasteiger partial charge is 0.398 e. The average Bonchev–Trinajstić information content (AvgIpc) is 2.63. The number of hydrogen-bond acceptors (Lipinski definition) is 4. The fraction of sp³-hybridized carbons (Fsp3) is 0.250. The molecule has 4 heteroatoms. The molecule has 4 nitrogen and oxygen atoms in total. The van der Waals surface area contributed by atoms with Crippen LogP contribution in [0.15, 0.2) is 54.7 Å². The minimum absolute atomic E-state index is 0.764. The van der Waals surface area contributed by atoms with Gasteiger partial charge in [0.1, 0.15) is 5.82 Å². The Labute approximate surface area is 142 Å². The van der Waals surface area contributed by atoms with Crippen LogP contribution in [0, 0.1) is 0 Å². The molecule has 0 atom stereocenters. The Kier molecular flexibility index (Phi) is 4.96. The number of nitrogens with two attached hydrogens (primary N) is 1. The highest BCUT2D eigenvalue weighted by Crippen LogP contribution is 2.32. The quantitative estimate of drug-likeness (QED) is 0.551. The Morgan fingerprint density at radius 3 is 2.54 bits per heavy atom. The van der Waals surface area contributed by atoms with Crippen LogP contribution in [0.1, 0.15) is 6.42 Å². The van der Waals surface area contributed by atoms with Gasteiger partial charge in [-0.15, -0.1) is 0 Å². The van der Waals surface area contributed by atoms with Gasteiger partial charge in [0.05, 0.1) is 0 Å². The molecule has 24 heavy (non-hydrogen) atoms. The number of fused-ring (bicyclic) bond motifs is 1. The van der Waals surface area contributed by atoms with E-state index in [1.807, 2.05) is 24.4 Å². The summed E-state index contributed by atoms with van der Waals surface area (Å²) in [6, 6.07) is 16.4. The maximum absolute atomic E-state index is 6.09. The molecule has 0 saturated heterocycles. The summed E-state index contributed by atoms with van der Waals surface area (Å²) in [5.74, 6) is 0.967. The third-order valence-corrected chi connectivity index (χ3v) is 4.25. The van der Waals surface area contributed by atoms with E-state index in [1.54, 1.807) is 7.11 Å². The van der Waals surface area contributed by atoms with Crippen LogP contribution in [-0.2, 0) is 4.74 Å².